The second kappa shape index (κ2) is 8.80. The molecule has 1 unspecified atom stereocenters. The molecule has 112 valence electrons. The van der Waals surface area contributed by atoms with Gasteiger partial charge in [-0.1, -0.05) is 57.9 Å². The van der Waals surface area contributed by atoms with Gasteiger partial charge in [-0.3, -0.25) is 0 Å². The third-order valence-electron chi connectivity index (χ3n) is 3.17. The largest absolute Gasteiger partial charge is 0.465 e. The molecule has 2 heteroatoms. The first kappa shape index (κ1) is 16.8. The van der Waals surface area contributed by atoms with Gasteiger partial charge in [-0.2, -0.15) is 0 Å². The maximum Gasteiger partial charge on any atom is 0.202 e. The molecule has 0 saturated carbocycles. The second-order valence-electron chi connectivity index (χ2n) is 5.61. The number of rotatable bonds is 9. The fourth-order valence-electron chi connectivity index (χ4n) is 1.87. The predicted octanol–water partition coefficient (Wildman–Crippen LogP) is 5.29. The summed E-state index contributed by atoms with van der Waals surface area (Å²) < 4.78 is 11.8. The zero-order chi connectivity index (χ0) is 15.0. The van der Waals surface area contributed by atoms with Crippen molar-refractivity contribution in [3.8, 4) is 5.75 Å². The number of ether oxygens (including phenoxy) is 2. The number of hydrogen-bond acceptors (Lipinski definition) is 2. The van der Waals surface area contributed by atoms with Gasteiger partial charge in [0.2, 0.25) is 6.29 Å². The van der Waals surface area contributed by atoms with Gasteiger partial charge in [0.1, 0.15) is 5.75 Å². The third kappa shape index (κ3) is 5.79. The van der Waals surface area contributed by atoms with Crippen LogP contribution < -0.4 is 4.74 Å². The first-order valence-electron chi connectivity index (χ1n) is 7.58. The first-order valence-corrected chi connectivity index (χ1v) is 7.58. The molecule has 0 aliphatic heterocycles. The van der Waals surface area contributed by atoms with E-state index in [1.54, 1.807) is 0 Å². The lowest BCUT2D eigenvalue weighted by Crippen LogP contribution is -2.27. The number of unbranched alkanes of at least 4 members (excludes halogenated alkanes) is 2. The summed E-state index contributed by atoms with van der Waals surface area (Å²) in [4.78, 5) is 0. The van der Waals surface area contributed by atoms with E-state index in [4.69, 9.17) is 9.47 Å². The van der Waals surface area contributed by atoms with Crippen molar-refractivity contribution in [1.82, 2.24) is 0 Å². The summed E-state index contributed by atoms with van der Waals surface area (Å²) in [5, 5.41) is 0. The molecule has 0 amide bonds. The molecular weight excluding hydrogens is 248 g/mol. The number of allylic oxidation sites excluding steroid dienone is 1. The first-order chi connectivity index (χ1) is 9.54. The van der Waals surface area contributed by atoms with Crippen molar-refractivity contribution in [3.05, 3.63) is 36.4 Å². The maximum atomic E-state index is 5.94. The minimum absolute atomic E-state index is 0.178. The van der Waals surface area contributed by atoms with E-state index < -0.39 is 0 Å². The zero-order valence-corrected chi connectivity index (χ0v) is 13.3. The van der Waals surface area contributed by atoms with E-state index in [0.717, 1.165) is 29.9 Å². The Hall–Kier alpha value is -1.28. The topological polar surface area (TPSA) is 18.5 Å². The molecule has 0 saturated heterocycles. The molecule has 2 nitrogen and oxygen atoms in total. The van der Waals surface area contributed by atoms with E-state index in [1.165, 1.54) is 12.8 Å². The van der Waals surface area contributed by atoms with Crippen LogP contribution in [0.5, 0.6) is 5.75 Å². The Morgan fingerprint density at radius 3 is 2.30 bits per heavy atom. The molecular formula is C18H28O2. The Kier molecular flexibility index (Phi) is 7.38. The normalized spacial score (nSPS) is 12.4. The van der Waals surface area contributed by atoms with Crippen LogP contribution in [0.15, 0.2) is 30.8 Å². The van der Waals surface area contributed by atoms with Crippen LogP contribution in [-0.4, -0.2) is 12.9 Å². The molecule has 0 N–H and O–H groups in total. The predicted molar refractivity (Wildman–Crippen MR) is 85.9 cm³/mol. The molecule has 1 aromatic carbocycles. The summed E-state index contributed by atoms with van der Waals surface area (Å²) in [5.74, 6) is 1.18. The second-order valence-corrected chi connectivity index (χ2v) is 5.61. The van der Waals surface area contributed by atoms with Crippen LogP contribution in [0.4, 0.5) is 0 Å². The number of benzene rings is 1. The lowest BCUT2D eigenvalue weighted by Gasteiger charge is -2.23. The van der Waals surface area contributed by atoms with Crippen LogP contribution in [0.1, 0.15) is 52.5 Å². The highest BCUT2D eigenvalue weighted by Gasteiger charge is 2.15. The van der Waals surface area contributed by atoms with Crippen molar-refractivity contribution in [2.75, 3.05) is 6.61 Å². The monoisotopic (exact) mass is 276 g/mol. The average molecular weight is 276 g/mol. The van der Waals surface area contributed by atoms with Crippen molar-refractivity contribution < 1.29 is 9.47 Å². The van der Waals surface area contributed by atoms with Crippen LogP contribution >= 0.6 is 0 Å². The highest BCUT2D eigenvalue weighted by atomic mass is 16.7. The van der Waals surface area contributed by atoms with E-state index in [-0.39, 0.29) is 6.29 Å². The Morgan fingerprint density at radius 1 is 1.15 bits per heavy atom. The van der Waals surface area contributed by atoms with Crippen molar-refractivity contribution in [3.63, 3.8) is 0 Å². The Balaban J connectivity index is 2.54. The lowest BCUT2D eigenvalue weighted by molar-refractivity contribution is -0.108. The molecule has 0 bridgehead atoms. The van der Waals surface area contributed by atoms with Gasteiger partial charge in [0, 0.05) is 5.92 Å². The highest BCUT2D eigenvalue weighted by molar-refractivity contribution is 5.61. The Bertz CT molecular complexity index is 392. The SMILES string of the molecule is C=C(C)c1ccc(OC(OCCCCC)C(C)C)cc1. The van der Waals surface area contributed by atoms with Gasteiger partial charge in [-0.15, -0.1) is 0 Å². The van der Waals surface area contributed by atoms with Gasteiger partial charge >= 0.3 is 0 Å². The molecule has 0 fully saturated rings. The quantitative estimate of drug-likeness (QED) is 0.451. The lowest BCUT2D eigenvalue weighted by atomic mass is 10.1. The fourth-order valence-corrected chi connectivity index (χ4v) is 1.87. The van der Waals surface area contributed by atoms with Gasteiger partial charge in [0.15, 0.2) is 0 Å². The van der Waals surface area contributed by atoms with Crippen LogP contribution in [0.3, 0.4) is 0 Å². The Morgan fingerprint density at radius 2 is 1.80 bits per heavy atom. The van der Waals surface area contributed by atoms with Crippen molar-refractivity contribution in [2.45, 2.75) is 53.2 Å². The van der Waals surface area contributed by atoms with Gasteiger partial charge in [0.25, 0.3) is 0 Å². The molecule has 1 aromatic rings. The van der Waals surface area contributed by atoms with E-state index >= 15 is 0 Å². The van der Waals surface area contributed by atoms with Gasteiger partial charge in [-0.25, -0.2) is 0 Å². The van der Waals surface area contributed by atoms with E-state index in [1.807, 2.05) is 31.2 Å². The minimum Gasteiger partial charge on any atom is -0.465 e. The summed E-state index contributed by atoms with van der Waals surface area (Å²) in [7, 11) is 0. The molecule has 0 aliphatic carbocycles. The Labute approximate surface area is 123 Å². The molecule has 0 aromatic heterocycles. The van der Waals surface area contributed by atoms with Crippen LogP contribution in [0, 0.1) is 5.92 Å². The molecule has 1 rings (SSSR count). The van der Waals surface area contributed by atoms with Crippen LogP contribution in [0.2, 0.25) is 0 Å². The molecule has 20 heavy (non-hydrogen) atoms. The van der Waals surface area contributed by atoms with Gasteiger partial charge in [0.05, 0.1) is 6.61 Å². The smallest absolute Gasteiger partial charge is 0.202 e. The summed E-state index contributed by atoms with van der Waals surface area (Å²) in [6, 6.07) is 8.03. The minimum atomic E-state index is -0.178. The summed E-state index contributed by atoms with van der Waals surface area (Å²) in [6.07, 6.45) is 3.33. The van der Waals surface area contributed by atoms with Crippen LogP contribution in [-0.2, 0) is 4.74 Å². The van der Waals surface area contributed by atoms with E-state index in [2.05, 4.69) is 27.4 Å². The third-order valence-corrected chi connectivity index (χ3v) is 3.17. The maximum absolute atomic E-state index is 5.94. The summed E-state index contributed by atoms with van der Waals surface area (Å²) in [5.41, 5.74) is 2.20. The number of hydrogen-bond donors (Lipinski definition) is 0. The zero-order valence-electron chi connectivity index (χ0n) is 13.3. The van der Waals surface area contributed by atoms with Gasteiger partial charge < -0.3 is 9.47 Å². The van der Waals surface area contributed by atoms with Crippen LogP contribution in [0.25, 0.3) is 5.57 Å². The van der Waals surface area contributed by atoms with Gasteiger partial charge in [-0.05, 0) is 31.0 Å². The fraction of sp³-hybridized carbons (Fsp3) is 0.556. The molecule has 0 heterocycles. The van der Waals surface area contributed by atoms with Crippen molar-refractivity contribution in [1.29, 1.82) is 0 Å². The average Bonchev–Trinajstić information content (AvgIpc) is 2.42. The summed E-state index contributed by atoms with van der Waals surface area (Å²) in [6.45, 7) is 13.1. The molecule has 0 radical (unpaired) electrons. The van der Waals surface area contributed by atoms with Crippen molar-refractivity contribution >= 4 is 5.57 Å². The standard InChI is InChI=1S/C18H28O2/c1-6-7-8-13-19-18(15(4)5)20-17-11-9-16(10-12-17)14(2)3/h9-12,15,18H,2,6-8,13H2,1,3-5H3. The molecule has 0 spiro atoms. The van der Waals surface area contributed by atoms with E-state index in [9.17, 15) is 0 Å². The molecule has 0 aliphatic rings. The van der Waals surface area contributed by atoms with Crippen molar-refractivity contribution in [2.24, 2.45) is 5.92 Å². The highest BCUT2D eigenvalue weighted by Crippen LogP contribution is 2.20. The summed E-state index contributed by atoms with van der Waals surface area (Å²) >= 11 is 0. The van der Waals surface area contributed by atoms with E-state index in [0.29, 0.717) is 5.92 Å². The molecule has 1 atom stereocenters.